The molecule has 1 N–H and O–H groups in total. The number of pyridine rings is 2. The molecule has 4 nitrogen and oxygen atoms in total. The zero-order chi connectivity index (χ0) is 31.4. The molecule has 0 saturated heterocycles. The molecule has 1 fully saturated rings. The van der Waals surface area contributed by atoms with E-state index in [1.54, 1.807) is 0 Å². The van der Waals surface area contributed by atoms with Gasteiger partial charge in [-0.15, -0.1) is 17.7 Å². The van der Waals surface area contributed by atoms with Crippen molar-refractivity contribution < 1.29 is 30.0 Å². The number of hydrogen-bond donors (Lipinski definition) is 1. The van der Waals surface area contributed by atoms with Gasteiger partial charge in [0.05, 0.1) is 5.76 Å². The summed E-state index contributed by atoms with van der Waals surface area (Å²) in [5, 5.41) is 13.5. The van der Waals surface area contributed by atoms with Crippen molar-refractivity contribution in [3.8, 4) is 11.3 Å². The Kier molecular flexibility index (Phi) is 11.8. The second-order valence-electron chi connectivity index (χ2n) is 13.3. The first kappa shape index (κ1) is 35.0. The van der Waals surface area contributed by atoms with Gasteiger partial charge < -0.3 is 10.1 Å². The summed E-state index contributed by atoms with van der Waals surface area (Å²) < 4.78 is 0. The number of nitrogens with zero attached hydrogens (tertiary/aromatic N) is 2. The number of ketones is 1. The Morgan fingerprint density at radius 1 is 0.956 bits per heavy atom. The van der Waals surface area contributed by atoms with Gasteiger partial charge in [-0.05, 0) is 89.0 Å². The van der Waals surface area contributed by atoms with E-state index in [1.165, 1.54) is 65.6 Å². The van der Waals surface area contributed by atoms with E-state index < -0.39 is 0 Å². The van der Waals surface area contributed by atoms with Crippen LogP contribution in [0.3, 0.4) is 0 Å². The molecule has 0 atom stereocenters. The molecule has 1 saturated carbocycles. The molecule has 2 aromatic carbocycles. The number of carbonyl (C=O) groups is 1. The Balaban J connectivity index is 0.000000249. The van der Waals surface area contributed by atoms with Crippen molar-refractivity contribution >= 4 is 27.5 Å². The van der Waals surface area contributed by atoms with Gasteiger partial charge in [-0.3, -0.25) is 9.78 Å². The average molecular weight is 782 g/mol. The normalized spacial score (nSPS) is 15.9. The molecule has 2 aliphatic carbocycles. The first-order valence-corrected chi connectivity index (χ1v) is 16.9. The van der Waals surface area contributed by atoms with Crippen LogP contribution in [0.15, 0.2) is 60.6 Å². The van der Waals surface area contributed by atoms with Gasteiger partial charge in [0, 0.05) is 50.4 Å². The van der Waals surface area contributed by atoms with Crippen molar-refractivity contribution in [2.24, 2.45) is 11.8 Å². The zero-order valence-electron chi connectivity index (χ0n) is 27.9. The van der Waals surface area contributed by atoms with Gasteiger partial charge in [0.25, 0.3) is 0 Å². The minimum atomic E-state index is -0.140. The maximum atomic E-state index is 11.7. The molecule has 45 heavy (non-hydrogen) atoms. The van der Waals surface area contributed by atoms with Crippen LogP contribution in [0.2, 0.25) is 0 Å². The summed E-state index contributed by atoms with van der Waals surface area (Å²) >= 11 is 0. The molecule has 5 heteroatoms. The van der Waals surface area contributed by atoms with Gasteiger partial charge in [-0.2, -0.15) is 0 Å². The Hall–Kier alpha value is -2.88. The van der Waals surface area contributed by atoms with Gasteiger partial charge >= 0.3 is 0 Å². The number of allylic oxidation sites excluding steroid dienone is 2. The standard InChI is InChI=1S/C27H25N2.C13H24O2.Ir/c1-27(2)22-16-20(17-7-4-3-5-8-17)15-19-12-14-29-26(23(19)22)21-11-10-18-9-6-13-28-25(18)24(21)27;1-5-10(6-2)12(14)9-13(15)11(7-3)8-4;/h6,9-10,12-17H,3-5,7-8H2,1-2H3;9-11,14H,5-8H2,1-4H3;/q-1;;/b;12-9-;. The van der Waals surface area contributed by atoms with Gasteiger partial charge in [0.2, 0.25) is 0 Å². The fourth-order valence-electron chi connectivity index (χ4n) is 7.49. The quantitative estimate of drug-likeness (QED) is 0.110. The molecule has 0 bridgehead atoms. The number of aromatic nitrogens is 2. The Labute approximate surface area is 283 Å². The van der Waals surface area contributed by atoms with Crippen LogP contribution in [0, 0.1) is 17.9 Å². The summed E-state index contributed by atoms with van der Waals surface area (Å²) in [4.78, 5) is 21.3. The fraction of sp³-hybridized carbons (Fsp3) is 0.475. The van der Waals surface area contributed by atoms with Crippen LogP contribution in [-0.2, 0) is 30.3 Å². The number of rotatable bonds is 8. The molecule has 2 aliphatic rings. The number of hydrogen-bond acceptors (Lipinski definition) is 4. The van der Waals surface area contributed by atoms with Gasteiger partial charge in [0.1, 0.15) is 0 Å². The molecule has 1 radical (unpaired) electrons. The zero-order valence-corrected chi connectivity index (χ0v) is 30.3. The van der Waals surface area contributed by atoms with Gasteiger partial charge in [-0.25, -0.2) is 0 Å². The topological polar surface area (TPSA) is 63.1 Å². The number of carbonyl (C=O) groups excluding carboxylic acids is 1. The molecular formula is C40H49IrN2O2-. The van der Waals surface area contributed by atoms with E-state index in [1.807, 2.05) is 46.2 Å². The first-order chi connectivity index (χ1) is 21.2. The molecule has 241 valence electrons. The van der Waals surface area contributed by atoms with E-state index in [0.717, 1.165) is 47.8 Å². The Morgan fingerprint density at radius 3 is 2.31 bits per heavy atom. The van der Waals surface area contributed by atoms with Crippen LogP contribution >= 0.6 is 0 Å². The second-order valence-corrected chi connectivity index (χ2v) is 13.3. The maximum absolute atomic E-state index is 11.7. The van der Waals surface area contributed by atoms with E-state index in [-0.39, 0.29) is 48.9 Å². The molecule has 2 heterocycles. The third kappa shape index (κ3) is 6.95. The number of fused-ring (bicyclic) bond motifs is 4. The van der Waals surface area contributed by atoms with E-state index in [4.69, 9.17) is 9.97 Å². The van der Waals surface area contributed by atoms with Crippen molar-refractivity contribution in [1.82, 2.24) is 9.97 Å². The summed E-state index contributed by atoms with van der Waals surface area (Å²) in [6, 6.07) is 16.9. The smallest absolute Gasteiger partial charge is 0.162 e. The van der Waals surface area contributed by atoms with Crippen molar-refractivity contribution in [1.29, 1.82) is 0 Å². The Morgan fingerprint density at radius 2 is 1.64 bits per heavy atom. The summed E-state index contributed by atoms with van der Waals surface area (Å²) in [6.07, 6.45) is 15.5. The van der Waals surface area contributed by atoms with Crippen molar-refractivity contribution in [3.63, 3.8) is 0 Å². The minimum absolute atomic E-state index is 0. The molecule has 0 spiro atoms. The third-order valence-electron chi connectivity index (χ3n) is 10.3. The van der Waals surface area contributed by atoms with E-state index in [2.05, 4.69) is 50.2 Å². The van der Waals surface area contributed by atoms with Crippen LogP contribution in [0.5, 0.6) is 0 Å². The van der Waals surface area contributed by atoms with Crippen LogP contribution in [0.1, 0.15) is 122 Å². The summed E-state index contributed by atoms with van der Waals surface area (Å²) in [6.45, 7) is 12.8. The first-order valence-electron chi connectivity index (χ1n) is 16.9. The van der Waals surface area contributed by atoms with Crippen molar-refractivity contribution in [3.05, 3.63) is 83.4 Å². The van der Waals surface area contributed by atoms with E-state index in [9.17, 15) is 9.90 Å². The van der Waals surface area contributed by atoms with Crippen LogP contribution in [0.25, 0.3) is 32.9 Å². The molecular weight excluding hydrogens is 733 g/mol. The van der Waals surface area contributed by atoms with Crippen molar-refractivity contribution in [2.45, 2.75) is 111 Å². The SMILES string of the molecule is CC1(C)c2c([c-]cc3cccnc23)-c2nccc3cc(C4CCCCC4)cc1c23.CCC(CC)C(=O)/C=C(\O)C(CC)CC.[Ir]. The summed E-state index contributed by atoms with van der Waals surface area (Å²) in [5.74, 6) is 1.24. The van der Waals surface area contributed by atoms with Crippen molar-refractivity contribution in [2.75, 3.05) is 0 Å². The number of aliphatic hydroxyl groups excluding tert-OH is 1. The maximum Gasteiger partial charge on any atom is 0.162 e. The average Bonchev–Trinajstić information content (AvgIpc) is 3.04. The summed E-state index contributed by atoms with van der Waals surface area (Å²) in [5.41, 5.74) is 7.30. The fourth-order valence-corrected chi connectivity index (χ4v) is 7.49. The minimum Gasteiger partial charge on any atom is -0.512 e. The Bertz CT molecular complexity index is 1660. The van der Waals surface area contributed by atoms with Gasteiger partial charge in [0.15, 0.2) is 5.78 Å². The second kappa shape index (κ2) is 15.1. The number of aliphatic hydroxyl groups is 1. The summed E-state index contributed by atoms with van der Waals surface area (Å²) in [7, 11) is 0. The predicted octanol–water partition coefficient (Wildman–Crippen LogP) is 10.8. The molecule has 0 aliphatic heterocycles. The molecule has 2 aromatic heterocycles. The van der Waals surface area contributed by atoms with E-state index in [0.29, 0.717) is 5.92 Å². The van der Waals surface area contributed by atoms with Crippen LogP contribution < -0.4 is 0 Å². The molecule has 0 amide bonds. The van der Waals surface area contributed by atoms with E-state index >= 15 is 0 Å². The number of benzene rings is 2. The largest absolute Gasteiger partial charge is 0.512 e. The predicted molar refractivity (Wildman–Crippen MR) is 183 cm³/mol. The molecule has 4 aromatic rings. The van der Waals surface area contributed by atoms with Gasteiger partial charge in [-0.1, -0.05) is 96.0 Å². The molecule has 0 unspecified atom stereocenters. The van der Waals surface area contributed by atoms with Crippen LogP contribution in [0.4, 0.5) is 0 Å². The monoisotopic (exact) mass is 782 g/mol. The van der Waals surface area contributed by atoms with Crippen LogP contribution in [-0.4, -0.2) is 20.9 Å². The third-order valence-corrected chi connectivity index (χ3v) is 10.3. The molecule has 6 rings (SSSR count).